The molecule has 0 aliphatic carbocycles. The summed E-state index contributed by atoms with van der Waals surface area (Å²) in [5.74, 6) is 1.01. The summed E-state index contributed by atoms with van der Waals surface area (Å²) in [4.78, 5) is -1.74. The van der Waals surface area contributed by atoms with Crippen LogP contribution in [-0.2, 0) is 317 Å². The van der Waals surface area contributed by atoms with Crippen LogP contribution in [0.3, 0.4) is 0 Å². The molecule has 0 amide bonds. The minimum absolute atomic E-state index is 0. The first-order chi connectivity index (χ1) is 55.8. The Morgan fingerprint density at radius 3 is 0.900 bits per heavy atom. The topological polar surface area (TPSA) is 379 Å². The summed E-state index contributed by atoms with van der Waals surface area (Å²) in [6.07, 6.45) is 12.1. The van der Waals surface area contributed by atoms with Crippen molar-refractivity contribution in [3.8, 4) is 33.8 Å². The Labute approximate surface area is 925 Å². The van der Waals surface area contributed by atoms with Gasteiger partial charge in [0.25, 0.3) is 75.4 Å². The Morgan fingerprint density at radius 2 is 0.554 bits per heavy atom. The maximum atomic E-state index is 15.8. The molecule has 2 aliphatic heterocycles. The van der Waals surface area contributed by atoms with Gasteiger partial charge >= 0.3 is 0 Å². The van der Waals surface area contributed by atoms with Gasteiger partial charge in [-0.2, -0.15) is 50.5 Å². The first kappa shape index (κ1) is 130. The molecule has 36 heteroatoms. The van der Waals surface area contributed by atoms with Gasteiger partial charge < -0.3 is 9.05 Å². The van der Waals surface area contributed by atoms with E-state index in [1.807, 2.05) is 92.7 Å². The Morgan fingerprint density at radius 1 is 0.292 bits per heavy atom. The minimum Gasteiger partial charge on any atom is -0.439 e. The van der Waals surface area contributed by atoms with Crippen molar-refractivity contribution in [2.24, 2.45) is 0 Å². The van der Waals surface area contributed by atoms with Crippen LogP contribution in [0.15, 0.2) is 236 Å². The first-order valence-electron chi connectivity index (χ1n) is 39.3. The van der Waals surface area contributed by atoms with E-state index in [4.69, 9.17) is 9.05 Å². The van der Waals surface area contributed by atoms with Gasteiger partial charge in [-0.15, -0.1) is 0 Å². The van der Waals surface area contributed by atoms with Crippen molar-refractivity contribution < 1.29 is 292 Å². The molecule has 0 saturated carbocycles. The molecule has 6 N–H and O–H groups in total. The molecular formula is C94H122O22P2S6Y6. The van der Waals surface area contributed by atoms with Crippen LogP contribution in [0.1, 0.15) is 222 Å². The van der Waals surface area contributed by atoms with Gasteiger partial charge in [0.15, 0.2) is 0 Å². The molecule has 130 heavy (non-hydrogen) atoms. The minimum atomic E-state index is -4.84. The number of hydrogen-bond donors (Lipinski definition) is 6. The van der Waals surface area contributed by atoms with E-state index in [0.717, 1.165) is 80.0 Å². The molecule has 4 atom stereocenters. The van der Waals surface area contributed by atoms with E-state index in [-0.39, 0.29) is 344 Å². The second kappa shape index (κ2) is 57.3. The van der Waals surface area contributed by atoms with Gasteiger partial charge in [-0.3, -0.25) is 36.4 Å². The van der Waals surface area contributed by atoms with Crippen molar-refractivity contribution in [2.45, 2.75) is 254 Å². The smallest absolute Gasteiger partial charge is 0.294 e. The Kier molecular flexibility index (Phi) is 57.5. The van der Waals surface area contributed by atoms with E-state index in [2.05, 4.69) is 6.92 Å². The fourth-order valence-electron chi connectivity index (χ4n) is 15.9. The monoisotopic (exact) mass is 2390 g/mol. The zero-order chi connectivity index (χ0) is 85.2. The summed E-state index contributed by atoms with van der Waals surface area (Å²) in [7, 11) is -35.1. The fourth-order valence-corrected chi connectivity index (χ4v) is 26.4. The summed E-state index contributed by atoms with van der Waals surface area (Å²) in [5.41, 5.74) is 7.07. The molecule has 6 radical (unpaired) electrons. The van der Waals surface area contributed by atoms with Crippen molar-refractivity contribution in [3.05, 3.63) is 273 Å². The van der Waals surface area contributed by atoms with E-state index in [1.54, 1.807) is 72.8 Å². The second-order valence-electron chi connectivity index (χ2n) is 30.3. The van der Waals surface area contributed by atoms with Crippen molar-refractivity contribution in [3.63, 3.8) is 0 Å². The average molecular weight is 2390 g/mol. The molecule has 0 bridgehead atoms. The number of benzene rings is 10. The normalized spacial score (nSPS) is 14.4. The van der Waals surface area contributed by atoms with E-state index in [1.165, 1.54) is 61.5 Å². The molecule has 0 aromatic heterocycles. The van der Waals surface area contributed by atoms with Crippen molar-refractivity contribution >= 4 is 86.1 Å². The van der Waals surface area contributed by atoms with Crippen LogP contribution in [-0.4, -0.2) is 89.1 Å². The van der Waals surface area contributed by atoms with E-state index in [0.29, 0.717) is 104 Å². The Balaban J connectivity index is 0. The van der Waals surface area contributed by atoms with Crippen molar-refractivity contribution in [1.82, 2.24) is 0 Å². The molecule has 2 aliphatic rings. The molecule has 10 aromatic rings. The van der Waals surface area contributed by atoms with E-state index in [9.17, 15) is 77.8 Å². The van der Waals surface area contributed by atoms with Gasteiger partial charge in [-0.25, -0.2) is 0 Å². The zero-order valence-electron chi connectivity index (χ0n) is 69.4. The predicted octanol–water partition coefficient (Wildman–Crippen LogP) is 22.7. The SMILES string of the molecule is C.C.C.C.C.C.CCCCCCCCc1ccc(Cc2ccc(CCCc3ccc(Cc4ccc(C)c(S(=O)(=O)O)c4)cc3S(=O)(=O)O)c(S(=O)(=O)O)c2)cc1S(=O)(=O)O.CCCCCc1ccc(Cc2ccc(CC(CCCC(CC)P3(=O)Oc4ccccc4-c4ccccc43)P3(=O)Oc4ccccc4-c4ccccc43)c(S(=O)(=O)O)c2)cc1S(=O)(=O)O.[Y].[Y].[Y].[Y].[Y].[Y]. The van der Waals surface area contributed by atoms with E-state index >= 15 is 9.13 Å². The van der Waals surface area contributed by atoms with Gasteiger partial charge in [0.1, 0.15) is 11.5 Å². The second-order valence-corrected chi connectivity index (χ2v) is 43.8. The average Bonchev–Trinajstić information content (AvgIpc) is 0.742. The largest absolute Gasteiger partial charge is 0.439 e. The maximum absolute atomic E-state index is 15.8. The van der Waals surface area contributed by atoms with Crippen LogP contribution in [0, 0.1) is 6.92 Å². The van der Waals surface area contributed by atoms with Gasteiger partial charge in [-0.05, 0) is 235 Å². The fraction of sp³-hybridized carbons (Fsp3) is 0.362. The molecule has 22 nitrogen and oxygen atoms in total. The third kappa shape index (κ3) is 34.1. The molecule has 2 heterocycles. The third-order valence-corrected chi connectivity index (χ3v) is 33.5. The molecule has 0 saturated heterocycles. The number of para-hydroxylation sites is 2. The zero-order valence-corrected chi connectivity index (χ0v) is 93.1. The molecule has 694 valence electrons. The van der Waals surface area contributed by atoms with Gasteiger partial charge in [0, 0.05) is 207 Å². The molecule has 0 spiro atoms. The summed E-state index contributed by atoms with van der Waals surface area (Å²) < 4.78 is 254. The summed E-state index contributed by atoms with van der Waals surface area (Å²) in [5, 5.41) is 1.18. The van der Waals surface area contributed by atoms with Crippen molar-refractivity contribution in [2.75, 3.05) is 0 Å². The molecule has 0 fully saturated rings. The molecular weight excluding hydrogens is 2270 g/mol. The molecule has 4 unspecified atom stereocenters. The number of hydrogen-bond acceptors (Lipinski definition) is 16. The molecule has 12 rings (SSSR count). The maximum Gasteiger partial charge on any atom is 0.294 e. The van der Waals surface area contributed by atoms with Crippen molar-refractivity contribution in [1.29, 1.82) is 0 Å². The van der Waals surface area contributed by atoms with Crippen LogP contribution in [0.5, 0.6) is 11.5 Å². The van der Waals surface area contributed by atoms with Gasteiger partial charge in [0.05, 0.1) is 51.3 Å². The van der Waals surface area contributed by atoms with Crippen LogP contribution >= 0.6 is 14.7 Å². The van der Waals surface area contributed by atoms with Gasteiger partial charge in [-0.1, -0.05) is 262 Å². The first-order valence-corrected chi connectivity index (χ1v) is 51.3. The summed E-state index contributed by atoms with van der Waals surface area (Å²) in [6.45, 7) is 7.67. The predicted molar refractivity (Wildman–Crippen MR) is 498 cm³/mol. The summed E-state index contributed by atoms with van der Waals surface area (Å²) in [6, 6.07) is 57.5. The number of aryl methyl sites for hydroxylation is 5. The van der Waals surface area contributed by atoms with Crippen LogP contribution in [0.4, 0.5) is 0 Å². The Hall–Kier alpha value is -1.66. The Bertz CT molecular complexity index is 6250. The number of fused-ring (bicyclic) bond motifs is 6. The standard InChI is InChI=1S/C50H52O10P2S2.C38H46O12S4.6CH4.6Y/c1-3-5-6-16-37-29-27-35(32-49(37)63(53,54)55)31-36-28-30-38(50(33-36)64(56,57)58)34-40(62(52)48-26-14-10-22-44(48)42-20-8-12-24-46(42)60-62)18-15-17-39(4-2)61(51)47-25-13-9-21-43(47)41-19-7-11-23-45(41)59-61;1-3-4-5-6-7-8-10-32-18-15-30(24-36(32)52(42,43)44)22-31-17-20-34(38(26-31)54(48,49)50)12-9-11-33-19-16-29(25-37(33)53(45,46)47)21-28-14-13-27(2)35(23-28)51(39,40)41;;;;;;;;;;;;/h7-14,19-30,32-33,39-40H,3-6,15-18,31,34H2,1-2H3,(H,53,54,55)(H,56,57,58);13-20,23-26H,3-12,21-22H2,1-2H3,(H,39,40,41)(H,42,43,44)(H,45,46,47)(H,48,49,50);6*1H4;;;;;;. The summed E-state index contributed by atoms with van der Waals surface area (Å²) >= 11 is 0. The van der Waals surface area contributed by atoms with Crippen LogP contribution < -0.4 is 19.7 Å². The van der Waals surface area contributed by atoms with Crippen LogP contribution in [0.25, 0.3) is 22.3 Å². The third-order valence-electron chi connectivity index (χ3n) is 21.8. The quantitative estimate of drug-likeness (QED) is 0.0121. The van der Waals surface area contributed by atoms with E-state index < -0.39 is 81.1 Å². The van der Waals surface area contributed by atoms with Gasteiger partial charge in [0.2, 0.25) is 0 Å². The van der Waals surface area contributed by atoms with Crippen LogP contribution in [0.2, 0.25) is 0 Å². The number of unbranched alkanes of at least 4 members (excludes halogenated alkanes) is 7. The number of rotatable bonds is 36. The molecule has 10 aromatic carbocycles.